The summed E-state index contributed by atoms with van der Waals surface area (Å²) in [7, 11) is -0.925. The molecule has 0 saturated heterocycles. The van der Waals surface area contributed by atoms with E-state index >= 15 is 0 Å². The van der Waals surface area contributed by atoms with Crippen molar-refractivity contribution in [2.24, 2.45) is 0 Å². The van der Waals surface area contributed by atoms with Gasteiger partial charge in [-0.15, -0.1) is 0 Å². The molecule has 0 amide bonds. The Kier molecular flexibility index (Phi) is 3.69. The van der Waals surface area contributed by atoms with Crippen LogP contribution in [0.15, 0.2) is 0 Å². The zero-order valence-corrected chi connectivity index (χ0v) is 5.26. The van der Waals surface area contributed by atoms with Gasteiger partial charge in [0.15, 0.2) is 8.38 Å². The highest BCUT2D eigenvalue weighted by Gasteiger charge is 2.05. The maximum Gasteiger partial charge on any atom is 0.314 e. The molecule has 0 heterocycles. The molecule has 0 aliphatic carbocycles. The topological polar surface area (TPSA) is 66.8 Å². The monoisotopic (exact) mass is 138 g/mol. The minimum absolute atomic E-state index is 0.300. The highest BCUT2D eigenvalue weighted by Crippen LogP contribution is 2.21. The molecule has 0 spiro atoms. The van der Waals surface area contributed by atoms with Gasteiger partial charge in [-0.25, -0.2) is 0 Å². The van der Waals surface area contributed by atoms with Gasteiger partial charge >= 0.3 is 5.97 Å². The summed E-state index contributed by atoms with van der Waals surface area (Å²) in [5, 5.41) is 0. The molecule has 8 heavy (non-hydrogen) atoms. The molecule has 0 aliphatic rings. The predicted octanol–water partition coefficient (Wildman–Crippen LogP) is -0.544. The number of ether oxygens (including phenoxy) is 1. The smallest absolute Gasteiger partial charge is 0.314 e. The molecule has 0 rings (SSSR count). The summed E-state index contributed by atoms with van der Waals surface area (Å²) in [5.41, 5.74) is 0. The molecular weight excluding hydrogens is 131 g/mol. The molecule has 0 atom stereocenters. The van der Waals surface area contributed by atoms with E-state index < -0.39 is 14.3 Å². The first-order valence-electron chi connectivity index (χ1n) is 1.89. The number of methoxy groups -OCH3 is 1. The van der Waals surface area contributed by atoms with Gasteiger partial charge in [-0.2, -0.15) is 0 Å². The molecule has 0 aromatic heterocycles. The largest absolute Gasteiger partial charge is 0.469 e. The minimum atomic E-state index is -2.12. The van der Waals surface area contributed by atoms with E-state index in [1.807, 2.05) is 0 Å². The number of carbonyl (C=O) groups is 1. The van der Waals surface area contributed by atoms with Gasteiger partial charge < -0.3 is 14.5 Å². The summed E-state index contributed by atoms with van der Waals surface area (Å²) in [6, 6.07) is 0. The van der Waals surface area contributed by atoms with Crippen molar-refractivity contribution in [2.45, 2.75) is 0 Å². The average molecular weight is 138 g/mol. The van der Waals surface area contributed by atoms with Crippen molar-refractivity contribution < 1.29 is 19.3 Å². The lowest BCUT2D eigenvalue weighted by Gasteiger charge is -1.97. The van der Waals surface area contributed by atoms with Gasteiger partial charge in [-0.3, -0.25) is 4.79 Å². The molecule has 0 bridgehead atoms. The zero-order chi connectivity index (χ0) is 6.57. The maximum absolute atomic E-state index is 10.1. The molecule has 0 aliphatic heterocycles. The third-order valence-electron chi connectivity index (χ3n) is 0.498. The molecule has 0 aromatic carbocycles. The highest BCUT2D eigenvalue weighted by atomic mass is 31.2. The van der Waals surface area contributed by atoms with Gasteiger partial charge in [0.2, 0.25) is 0 Å². The van der Waals surface area contributed by atoms with Crippen LogP contribution in [0.4, 0.5) is 0 Å². The lowest BCUT2D eigenvalue weighted by molar-refractivity contribution is -0.137. The number of hydrogen-bond acceptors (Lipinski definition) is 4. The summed E-state index contributed by atoms with van der Waals surface area (Å²) in [6.07, 6.45) is -0.300. The molecule has 0 unspecified atom stereocenters. The second kappa shape index (κ2) is 3.78. The summed E-state index contributed by atoms with van der Waals surface area (Å²) in [5.74, 6) is -0.596. The van der Waals surface area contributed by atoms with E-state index in [1.54, 1.807) is 0 Å². The Hall–Kier alpha value is -0.180. The quantitative estimate of drug-likeness (QED) is 0.397. The van der Waals surface area contributed by atoms with Crippen LogP contribution < -0.4 is 0 Å². The Balaban J connectivity index is 3.25. The fraction of sp³-hybridized carbons (Fsp3) is 0.667. The van der Waals surface area contributed by atoms with Crippen LogP contribution in [0.5, 0.6) is 0 Å². The summed E-state index contributed by atoms with van der Waals surface area (Å²) >= 11 is 0. The fourth-order valence-electron chi connectivity index (χ4n) is 0.180. The SMILES string of the molecule is COC(=O)CP(O)O. The molecule has 0 fully saturated rings. The van der Waals surface area contributed by atoms with Crippen molar-refractivity contribution in [2.75, 3.05) is 13.3 Å². The van der Waals surface area contributed by atoms with Crippen molar-refractivity contribution in [3.8, 4) is 0 Å². The molecule has 48 valence electrons. The van der Waals surface area contributed by atoms with Gasteiger partial charge in [-0.1, -0.05) is 0 Å². The first-order chi connectivity index (χ1) is 3.66. The summed E-state index contributed by atoms with van der Waals surface area (Å²) in [4.78, 5) is 26.4. The molecule has 4 nitrogen and oxygen atoms in total. The van der Waals surface area contributed by atoms with Gasteiger partial charge in [0, 0.05) is 0 Å². The summed E-state index contributed by atoms with van der Waals surface area (Å²) < 4.78 is 4.12. The van der Waals surface area contributed by atoms with E-state index in [0.717, 1.165) is 0 Å². The maximum atomic E-state index is 10.1. The van der Waals surface area contributed by atoms with E-state index in [-0.39, 0.29) is 6.16 Å². The van der Waals surface area contributed by atoms with Crippen LogP contribution in [0.1, 0.15) is 0 Å². The van der Waals surface area contributed by atoms with Crippen LogP contribution >= 0.6 is 8.38 Å². The van der Waals surface area contributed by atoms with Crippen LogP contribution in [0.2, 0.25) is 0 Å². The molecule has 0 aromatic rings. The van der Waals surface area contributed by atoms with E-state index in [4.69, 9.17) is 9.79 Å². The first-order valence-corrected chi connectivity index (χ1v) is 3.32. The van der Waals surface area contributed by atoms with Crippen LogP contribution in [0.25, 0.3) is 0 Å². The Morgan fingerprint density at radius 1 is 1.75 bits per heavy atom. The Morgan fingerprint density at radius 3 is 2.38 bits per heavy atom. The zero-order valence-electron chi connectivity index (χ0n) is 4.37. The third-order valence-corrected chi connectivity index (χ3v) is 1.04. The standard InChI is InChI=1S/C3H7O4P/c1-7-3(4)2-8(5)6/h5-6H,2H2,1H3. The van der Waals surface area contributed by atoms with E-state index in [2.05, 4.69) is 4.74 Å². The fourth-order valence-corrected chi connectivity index (χ4v) is 0.540. The van der Waals surface area contributed by atoms with Crippen molar-refractivity contribution >= 4 is 14.3 Å². The van der Waals surface area contributed by atoms with Crippen LogP contribution in [0, 0.1) is 0 Å². The Bertz CT molecular complexity index is 81.4. The molecule has 5 heteroatoms. The number of rotatable bonds is 2. The van der Waals surface area contributed by atoms with Crippen LogP contribution in [-0.4, -0.2) is 29.0 Å². The third kappa shape index (κ3) is 3.99. The van der Waals surface area contributed by atoms with Crippen molar-refractivity contribution in [1.82, 2.24) is 0 Å². The predicted molar refractivity (Wildman–Crippen MR) is 28.2 cm³/mol. The van der Waals surface area contributed by atoms with Crippen LogP contribution in [-0.2, 0) is 9.53 Å². The highest BCUT2D eigenvalue weighted by molar-refractivity contribution is 7.46. The Morgan fingerprint density at radius 2 is 2.25 bits per heavy atom. The minimum Gasteiger partial charge on any atom is -0.469 e. The lowest BCUT2D eigenvalue weighted by Crippen LogP contribution is -2.04. The van der Waals surface area contributed by atoms with Crippen molar-refractivity contribution in [3.05, 3.63) is 0 Å². The molecule has 0 saturated carbocycles. The van der Waals surface area contributed by atoms with Crippen LogP contribution in [0.3, 0.4) is 0 Å². The van der Waals surface area contributed by atoms with E-state index in [0.29, 0.717) is 0 Å². The average Bonchev–Trinajstić information content (AvgIpc) is 1.65. The van der Waals surface area contributed by atoms with Crippen molar-refractivity contribution in [1.29, 1.82) is 0 Å². The lowest BCUT2D eigenvalue weighted by atomic mass is 10.8. The molecular formula is C3H7O4P. The van der Waals surface area contributed by atoms with Gasteiger partial charge in [0.25, 0.3) is 0 Å². The van der Waals surface area contributed by atoms with Crippen molar-refractivity contribution in [3.63, 3.8) is 0 Å². The van der Waals surface area contributed by atoms with Gasteiger partial charge in [-0.05, 0) is 0 Å². The molecule has 2 N–H and O–H groups in total. The number of esters is 1. The number of hydrogen-bond donors (Lipinski definition) is 2. The normalized spacial score (nSPS) is 9.50. The first kappa shape index (κ1) is 7.82. The second-order valence-electron chi connectivity index (χ2n) is 1.11. The van der Waals surface area contributed by atoms with Gasteiger partial charge in [0.05, 0.1) is 7.11 Å². The Labute approximate surface area is 48.0 Å². The molecule has 0 radical (unpaired) electrons. The second-order valence-corrected chi connectivity index (χ2v) is 2.17. The van der Waals surface area contributed by atoms with E-state index in [9.17, 15) is 4.79 Å². The van der Waals surface area contributed by atoms with E-state index in [1.165, 1.54) is 7.11 Å². The van der Waals surface area contributed by atoms with Gasteiger partial charge in [0.1, 0.15) is 6.16 Å². The summed E-state index contributed by atoms with van der Waals surface area (Å²) in [6.45, 7) is 0. The number of carbonyl (C=O) groups excluding carboxylic acids is 1.